The van der Waals surface area contributed by atoms with Crippen LogP contribution in [0.15, 0.2) is 24.3 Å². The summed E-state index contributed by atoms with van der Waals surface area (Å²) < 4.78 is 13.7. The highest BCUT2D eigenvalue weighted by atomic mass is 35.5. The lowest BCUT2D eigenvalue weighted by Gasteiger charge is -2.37. The molecule has 1 aromatic carbocycles. The van der Waals surface area contributed by atoms with Crippen molar-refractivity contribution in [2.24, 2.45) is 0 Å². The van der Waals surface area contributed by atoms with E-state index in [4.69, 9.17) is 0 Å². The Morgan fingerprint density at radius 3 is 2.52 bits per heavy atom. The van der Waals surface area contributed by atoms with Gasteiger partial charge in [-0.25, -0.2) is 4.39 Å². The number of nitrogens with one attached hydrogen (secondary N) is 1. The normalized spacial score (nSPS) is 22.0. The lowest BCUT2D eigenvalue weighted by atomic mass is 10.1. The van der Waals surface area contributed by atoms with Crippen molar-refractivity contribution in [2.75, 3.05) is 37.6 Å². The second-order valence-corrected chi connectivity index (χ2v) is 5.41. The molecule has 4 nitrogen and oxygen atoms in total. The maximum Gasteiger partial charge on any atom is 0.239 e. The summed E-state index contributed by atoms with van der Waals surface area (Å²) in [5.41, 5.74) is 0.638. The lowest BCUT2D eigenvalue weighted by molar-refractivity contribution is -0.133. The summed E-state index contributed by atoms with van der Waals surface area (Å²) in [6.45, 7) is 3.67. The highest BCUT2D eigenvalue weighted by Crippen LogP contribution is 2.20. The highest BCUT2D eigenvalue weighted by molar-refractivity contribution is 5.85. The van der Waals surface area contributed by atoms with E-state index in [1.54, 1.807) is 12.1 Å². The number of benzene rings is 1. The van der Waals surface area contributed by atoms with E-state index in [0.29, 0.717) is 31.9 Å². The zero-order valence-electron chi connectivity index (χ0n) is 11.9. The van der Waals surface area contributed by atoms with Crippen LogP contribution in [0.1, 0.15) is 12.8 Å². The largest absolute Gasteiger partial charge is 0.366 e. The van der Waals surface area contributed by atoms with Crippen LogP contribution in [-0.4, -0.2) is 49.6 Å². The minimum Gasteiger partial charge on any atom is -0.366 e. The number of piperazine rings is 1. The van der Waals surface area contributed by atoms with Gasteiger partial charge < -0.3 is 15.1 Å². The van der Waals surface area contributed by atoms with E-state index in [-0.39, 0.29) is 30.2 Å². The molecule has 3 rings (SSSR count). The molecule has 1 unspecified atom stereocenters. The van der Waals surface area contributed by atoms with Crippen molar-refractivity contribution in [1.82, 2.24) is 10.2 Å². The Morgan fingerprint density at radius 2 is 1.90 bits per heavy atom. The third kappa shape index (κ3) is 3.47. The fourth-order valence-electron chi connectivity index (χ4n) is 2.99. The molecule has 2 saturated heterocycles. The predicted molar refractivity (Wildman–Crippen MR) is 83.5 cm³/mol. The van der Waals surface area contributed by atoms with Crippen molar-refractivity contribution in [3.05, 3.63) is 30.1 Å². The number of carbonyl (C=O) groups is 1. The molecular weight excluding hydrogens is 293 g/mol. The molecule has 0 aliphatic carbocycles. The number of anilines is 1. The van der Waals surface area contributed by atoms with E-state index >= 15 is 0 Å². The Morgan fingerprint density at radius 1 is 1.19 bits per heavy atom. The molecule has 1 aromatic rings. The molecule has 2 aliphatic rings. The first-order chi connectivity index (χ1) is 9.75. The first-order valence-corrected chi connectivity index (χ1v) is 7.27. The molecule has 2 heterocycles. The van der Waals surface area contributed by atoms with Crippen LogP contribution in [0.3, 0.4) is 0 Å². The minimum atomic E-state index is -0.190. The van der Waals surface area contributed by atoms with E-state index in [1.807, 2.05) is 15.9 Å². The van der Waals surface area contributed by atoms with Gasteiger partial charge in [0.05, 0.1) is 11.7 Å². The average molecular weight is 314 g/mol. The van der Waals surface area contributed by atoms with Gasteiger partial charge in [-0.2, -0.15) is 0 Å². The Bertz CT molecular complexity index is 486. The van der Waals surface area contributed by atoms with E-state index in [0.717, 1.165) is 19.4 Å². The molecule has 2 fully saturated rings. The molecule has 1 atom stereocenters. The summed E-state index contributed by atoms with van der Waals surface area (Å²) >= 11 is 0. The van der Waals surface area contributed by atoms with Gasteiger partial charge in [-0.15, -0.1) is 12.4 Å². The summed E-state index contributed by atoms with van der Waals surface area (Å²) in [7, 11) is 0. The van der Waals surface area contributed by atoms with Crippen LogP contribution in [0.4, 0.5) is 10.1 Å². The third-order valence-corrected chi connectivity index (χ3v) is 4.14. The number of amides is 1. The molecule has 116 valence electrons. The quantitative estimate of drug-likeness (QED) is 0.902. The summed E-state index contributed by atoms with van der Waals surface area (Å²) in [6.07, 6.45) is 2.01. The molecule has 0 spiro atoms. The molecule has 0 radical (unpaired) electrons. The zero-order chi connectivity index (χ0) is 13.9. The third-order valence-electron chi connectivity index (χ3n) is 4.14. The number of hydrogen-bond donors (Lipinski definition) is 1. The second-order valence-electron chi connectivity index (χ2n) is 5.41. The predicted octanol–water partition coefficient (Wildman–Crippen LogP) is 1.65. The fourth-order valence-corrected chi connectivity index (χ4v) is 2.99. The number of rotatable bonds is 2. The van der Waals surface area contributed by atoms with Crippen molar-refractivity contribution in [3.8, 4) is 0 Å². The van der Waals surface area contributed by atoms with E-state index < -0.39 is 0 Å². The van der Waals surface area contributed by atoms with Gasteiger partial charge in [0.25, 0.3) is 0 Å². The Hall–Kier alpha value is -1.33. The number of hydrogen-bond acceptors (Lipinski definition) is 3. The first kappa shape index (κ1) is 16.0. The first-order valence-electron chi connectivity index (χ1n) is 7.27. The van der Waals surface area contributed by atoms with E-state index in [9.17, 15) is 9.18 Å². The Balaban J connectivity index is 0.00000161. The van der Waals surface area contributed by atoms with Gasteiger partial charge in [0.15, 0.2) is 0 Å². The molecule has 1 amide bonds. The van der Waals surface area contributed by atoms with Gasteiger partial charge in [-0.1, -0.05) is 12.1 Å². The zero-order valence-corrected chi connectivity index (χ0v) is 12.7. The van der Waals surface area contributed by atoms with Gasteiger partial charge in [0.1, 0.15) is 5.82 Å². The van der Waals surface area contributed by atoms with Gasteiger partial charge in [-0.05, 0) is 31.5 Å². The standard InChI is InChI=1S/C15H20FN3O.ClH/c16-12-4-1-2-6-14(12)18-8-10-19(11-9-18)15(20)13-5-3-7-17-13;/h1-2,4,6,13,17H,3,5,7-11H2;1H. The number of halogens is 2. The van der Waals surface area contributed by atoms with Crippen molar-refractivity contribution in [1.29, 1.82) is 0 Å². The molecular formula is C15H21ClFN3O. The van der Waals surface area contributed by atoms with Crippen LogP contribution in [-0.2, 0) is 4.79 Å². The topological polar surface area (TPSA) is 35.6 Å². The molecule has 2 aliphatic heterocycles. The maximum atomic E-state index is 13.7. The van der Waals surface area contributed by atoms with Gasteiger partial charge in [-0.3, -0.25) is 4.79 Å². The minimum absolute atomic E-state index is 0. The molecule has 0 aromatic heterocycles. The summed E-state index contributed by atoms with van der Waals surface area (Å²) in [4.78, 5) is 16.2. The van der Waals surface area contributed by atoms with Crippen molar-refractivity contribution in [3.63, 3.8) is 0 Å². The summed E-state index contributed by atoms with van der Waals surface area (Å²) in [5, 5.41) is 3.24. The van der Waals surface area contributed by atoms with E-state index in [2.05, 4.69) is 5.32 Å². The highest BCUT2D eigenvalue weighted by Gasteiger charge is 2.29. The monoisotopic (exact) mass is 313 g/mol. The van der Waals surface area contributed by atoms with E-state index in [1.165, 1.54) is 6.07 Å². The number of nitrogens with zero attached hydrogens (tertiary/aromatic N) is 2. The van der Waals surface area contributed by atoms with Gasteiger partial charge in [0, 0.05) is 26.2 Å². The van der Waals surface area contributed by atoms with Crippen LogP contribution in [0.5, 0.6) is 0 Å². The van der Waals surface area contributed by atoms with Crippen LogP contribution in [0.25, 0.3) is 0 Å². The maximum absolute atomic E-state index is 13.7. The van der Waals surface area contributed by atoms with Gasteiger partial charge >= 0.3 is 0 Å². The summed E-state index contributed by atoms with van der Waals surface area (Å²) in [6, 6.07) is 6.82. The van der Waals surface area contributed by atoms with Gasteiger partial charge in [0.2, 0.25) is 5.91 Å². The average Bonchev–Trinajstić information content (AvgIpc) is 3.01. The molecule has 0 saturated carbocycles. The van der Waals surface area contributed by atoms with Crippen molar-refractivity contribution >= 4 is 24.0 Å². The van der Waals surface area contributed by atoms with Crippen LogP contribution in [0, 0.1) is 5.82 Å². The van der Waals surface area contributed by atoms with Crippen LogP contribution >= 0.6 is 12.4 Å². The SMILES string of the molecule is Cl.O=C(C1CCCN1)N1CCN(c2ccccc2F)CC1. The number of para-hydroxylation sites is 1. The second kappa shape index (κ2) is 7.09. The summed E-state index contributed by atoms with van der Waals surface area (Å²) in [5.74, 6) is 0.0143. The Labute approximate surface area is 130 Å². The fraction of sp³-hybridized carbons (Fsp3) is 0.533. The molecule has 21 heavy (non-hydrogen) atoms. The molecule has 0 bridgehead atoms. The van der Waals surface area contributed by atoms with Crippen molar-refractivity contribution in [2.45, 2.75) is 18.9 Å². The van der Waals surface area contributed by atoms with Crippen LogP contribution < -0.4 is 10.2 Å². The number of carbonyl (C=O) groups excluding carboxylic acids is 1. The lowest BCUT2D eigenvalue weighted by Crippen LogP contribution is -2.53. The van der Waals surface area contributed by atoms with Crippen LogP contribution in [0.2, 0.25) is 0 Å². The molecule has 6 heteroatoms. The smallest absolute Gasteiger partial charge is 0.239 e. The Kier molecular flexibility index (Phi) is 5.42. The molecule has 1 N–H and O–H groups in total. The van der Waals surface area contributed by atoms with Crippen molar-refractivity contribution < 1.29 is 9.18 Å².